The van der Waals surface area contributed by atoms with E-state index in [1.54, 1.807) is 23.0 Å². The standard InChI is InChI=1S/C20H26FN5O/c21-17-6-4-16(5-7-17)14-26-15-19(22-23-26)20(27)25-12-8-18(9-13-25)24-10-2-1-3-11-24/h4-7,15,18H,1-3,8-14H2. The van der Waals surface area contributed by atoms with Crippen LogP contribution in [0.4, 0.5) is 4.39 Å². The number of rotatable bonds is 4. The summed E-state index contributed by atoms with van der Waals surface area (Å²) in [5.41, 5.74) is 1.30. The van der Waals surface area contributed by atoms with Crippen molar-refractivity contribution in [3.05, 3.63) is 47.5 Å². The summed E-state index contributed by atoms with van der Waals surface area (Å²) in [4.78, 5) is 17.2. The van der Waals surface area contributed by atoms with Gasteiger partial charge in [-0.05, 0) is 56.5 Å². The molecule has 1 aromatic heterocycles. The van der Waals surface area contributed by atoms with Gasteiger partial charge in [0.2, 0.25) is 0 Å². The van der Waals surface area contributed by atoms with Crippen molar-refractivity contribution < 1.29 is 9.18 Å². The predicted molar refractivity (Wildman–Crippen MR) is 99.9 cm³/mol. The van der Waals surface area contributed by atoms with Crippen LogP contribution in [-0.4, -0.2) is 62.9 Å². The van der Waals surface area contributed by atoms with Crippen molar-refractivity contribution in [3.8, 4) is 0 Å². The van der Waals surface area contributed by atoms with Crippen molar-refractivity contribution >= 4 is 5.91 Å². The van der Waals surface area contributed by atoms with E-state index in [2.05, 4.69) is 15.2 Å². The Labute approximate surface area is 158 Å². The molecule has 0 aliphatic carbocycles. The zero-order chi connectivity index (χ0) is 18.6. The molecule has 0 spiro atoms. The van der Waals surface area contributed by atoms with Crippen molar-refractivity contribution in [2.24, 2.45) is 0 Å². The first-order valence-electron chi connectivity index (χ1n) is 9.87. The van der Waals surface area contributed by atoms with Crippen LogP contribution in [0.15, 0.2) is 30.5 Å². The molecular formula is C20H26FN5O. The Balaban J connectivity index is 1.32. The number of benzene rings is 1. The second kappa shape index (κ2) is 8.17. The van der Waals surface area contributed by atoms with E-state index >= 15 is 0 Å². The number of carbonyl (C=O) groups is 1. The first kappa shape index (κ1) is 18.1. The average molecular weight is 371 g/mol. The molecule has 0 unspecified atom stereocenters. The van der Waals surface area contributed by atoms with Crippen molar-refractivity contribution in [1.82, 2.24) is 24.8 Å². The minimum absolute atomic E-state index is 0.0440. The van der Waals surface area contributed by atoms with Gasteiger partial charge in [-0.15, -0.1) is 5.10 Å². The van der Waals surface area contributed by atoms with Crippen molar-refractivity contribution in [2.45, 2.75) is 44.7 Å². The van der Waals surface area contributed by atoms with Gasteiger partial charge in [0.05, 0.1) is 12.7 Å². The second-order valence-electron chi connectivity index (χ2n) is 7.55. The Hall–Kier alpha value is -2.28. The first-order chi connectivity index (χ1) is 13.2. The highest BCUT2D eigenvalue weighted by atomic mass is 19.1. The summed E-state index contributed by atoms with van der Waals surface area (Å²) >= 11 is 0. The molecule has 0 radical (unpaired) electrons. The number of likely N-dealkylation sites (tertiary alicyclic amines) is 2. The third-order valence-corrected chi connectivity index (χ3v) is 5.67. The largest absolute Gasteiger partial charge is 0.337 e. The molecule has 2 aliphatic rings. The Morgan fingerprint density at radius 1 is 1.04 bits per heavy atom. The molecule has 1 aromatic carbocycles. The van der Waals surface area contributed by atoms with Crippen molar-refractivity contribution in [1.29, 1.82) is 0 Å². The minimum Gasteiger partial charge on any atom is -0.337 e. The predicted octanol–water partition coefficient (Wildman–Crippen LogP) is 2.56. The summed E-state index contributed by atoms with van der Waals surface area (Å²) in [6.45, 7) is 4.44. The highest BCUT2D eigenvalue weighted by molar-refractivity contribution is 5.92. The van der Waals surface area contributed by atoms with E-state index in [9.17, 15) is 9.18 Å². The summed E-state index contributed by atoms with van der Waals surface area (Å²) in [6.07, 6.45) is 7.71. The number of amides is 1. The molecule has 1 amide bonds. The maximum absolute atomic E-state index is 13.0. The molecule has 0 saturated carbocycles. The Morgan fingerprint density at radius 2 is 1.74 bits per heavy atom. The van der Waals surface area contributed by atoms with Crippen LogP contribution < -0.4 is 0 Å². The van der Waals surface area contributed by atoms with Gasteiger partial charge in [-0.1, -0.05) is 23.8 Å². The molecule has 7 heteroatoms. The zero-order valence-corrected chi connectivity index (χ0v) is 15.6. The molecule has 27 heavy (non-hydrogen) atoms. The van der Waals surface area contributed by atoms with Crippen LogP contribution >= 0.6 is 0 Å². The first-order valence-corrected chi connectivity index (χ1v) is 9.87. The third kappa shape index (κ3) is 4.35. The highest BCUT2D eigenvalue weighted by Crippen LogP contribution is 2.21. The van der Waals surface area contributed by atoms with E-state index in [1.807, 2.05) is 4.90 Å². The summed E-state index contributed by atoms with van der Waals surface area (Å²) in [5.74, 6) is -0.307. The van der Waals surface area contributed by atoms with Crippen LogP contribution in [0.3, 0.4) is 0 Å². The van der Waals surface area contributed by atoms with Gasteiger partial charge < -0.3 is 9.80 Å². The maximum Gasteiger partial charge on any atom is 0.276 e. The van der Waals surface area contributed by atoms with Gasteiger partial charge in [0.15, 0.2) is 5.69 Å². The van der Waals surface area contributed by atoms with Gasteiger partial charge >= 0.3 is 0 Å². The Morgan fingerprint density at radius 3 is 2.44 bits per heavy atom. The maximum atomic E-state index is 13.0. The Bertz CT molecular complexity index is 761. The molecule has 2 fully saturated rings. The quantitative estimate of drug-likeness (QED) is 0.829. The van der Waals surface area contributed by atoms with Crippen molar-refractivity contribution in [2.75, 3.05) is 26.2 Å². The van der Waals surface area contributed by atoms with Crippen LogP contribution in [0.25, 0.3) is 0 Å². The number of aromatic nitrogens is 3. The lowest BCUT2D eigenvalue weighted by Crippen LogP contribution is -2.48. The minimum atomic E-state index is -0.263. The van der Waals surface area contributed by atoms with Gasteiger partial charge in [0.1, 0.15) is 5.82 Å². The van der Waals surface area contributed by atoms with Gasteiger partial charge in [-0.2, -0.15) is 0 Å². The number of piperidine rings is 2. The fourth-order valence-electron chi connectivity index (χ4n) is 4.13. The normalized spacial score (nSPS) is 19.4. The lowest BCUT2D eigenvalue weighted by atomic mass is 10.00. The summed E-state index contributed by atoms with van der Waals surface area (Å²) < 4.78 is 14.6. The van der Waals surface area contributed by atoms with Gasteiger partial charge in [0, 0.05) is 19.1 Å². The molecule has 0 atom stereocenters. The molecule has 2 aromatic rings. The molecule has 2 saturated heterocycles. The number of halogens is 1. The van der Waals surface area contributed by atoms with Crippen LogP contribution in [0, 0.1) is 5.82 Å². The fourth-order valence-corrected chi connectivity index (χ4v) is 4.13. The van der Waals surface area contributed by atoms with Crippen LogP contribution in [0.2, 0.25) is 0 Å². The topological polar surface area (TPSA) is 54.3 Å². The number of carbonyl (C=O) groups excluding carboxylic acids is 1. The number of hydrogen-bond acceptors (Lipinski definition) is 4. The Kier molecular flexibility index (Phi) is 5.48. The van der Waals surface area contributed by atoms with E-state index in [0.717, 1.165) is 31.5 Å². The third-order valence-electron chi connectivity index (χ3n) is 5.67. The van der Waals surface area contributed by atoms with Crippen molar-refractivity contribution in [3.63, 3.8) is 0 Å². The van der Waals surface area contributed by atoms with Gasteiger partial charge in [-0.3, -0.25) is 4.79 Å². The number of hydrogen-bond donors (Lipinski definition) is 0. The summed E-state index contributed by atoms with van der Waals surface area (Å²) in [7, 11) is 0. The summed E-state index contributed by atoms with van der Waals surface area (Å²) in [6, 6.07) is 6.88. The van der Waals surface area contributed by atoms with Crippen LogP contribution in [0.5, 0.6) is 0 Å². The lowest BCUT2D eigenvalue weighted by Gasteiger charge is -2.40. The van der Waals surface area contributed by atoms with Gasteiger partial charge in [0.25, 0.3) is 5.91 Å². The molecule has 2 aliphatic heterocycles. The van der Waals surface area contributed by atoms with E-state index in [1.165, 1.54) is 44.5 Å². The molecular weight excluding hydrogens is 345 g/mol. The van der Waals surface area contributed by atoms with E-state index in [-0.39, 0.29) is 11.7 Å². The monoisotopic (exact) mass is 371 g/mol. The highest BCUT2D eigenvalue weighted by Gasteiger charge is 2.29. The smallest absolute Gasteiger partial charge is 0.276 e. The number of nitrogens with zero attached hydrogens (tertiary/aromatic N) is 5. The zero-order valence-electron chi connectivity index (χ0n) is 15.6. The van der Waals surface area contributed by atoms with Crippen LogP contribution in [0.1, 0.15) is 48.2 Å². The lowest BCUT2D eigenvalue weighted by molar-refractivity contribution is 0.0584. The SMILES string of the molecule is O=C(c1cn(Cc2ccc(F)cc2)nn1)N1CCC(N2CCCCC2)CC1. The van der Waals surface area contributed by atoms with E-state index < -0.39 is 0 Å². The average Bonchev–Trinajstić information content (AvgIpc) is 3.18. The fraction of sp³-hybridized carbons (Fsp3) is 0.550. The van der Waals surface area contributed by atoms with E-state index in [0.29, 0.717) is 18.3 Å². The molecule has 144 valence electrons. The molecule has 0 N–H and O–H groups in total. The molecule has 4 rings (SSSR count). The molecule has 6 nitrogen and oxygen atoms in total. The van der Waals surface area contributed by atoms with Crippen LogP contribution in [-0.2, 0) is 6.54 Å². The second-order valence-corrected chi connectivity index (χ2v) is 7.55. The van der Waals surface area contributed by atoms with E-state index in [4.69, 9.17) is 0 Å². The molecule has 3 heterocycles. The summed E-state index contributed by atoms with van der Waals surface area (Å²) in [5, 5.41) is 8.11. The molecule has 0 bridgehead atoms. The van der Waals surface area contributed by atoms with Gasteiger partial charge in [-0.25, -0.2) is 9.07 Å².